The first-order valence-corrected chi connectivity index (χ1v) is 10.7. The number of fused-ring (bicyclic) bond motifs is 1. The molecule has 2 aromatic carbocycles. The lowest BCUT2D eigenvalue weighted by Crippen LogP contribution is -2.47. The van der Waals surface area contributed by atoms with Crippen molar-refractivity contribution in [1.82, 2.24) is 8.87 Å². The van der Waals surface area contributed by atoms with Gasteiger partial charge in [0.15, 0.2) is 0 Å². The lowest BCUT2D eigenvalue weighted by atomic mass is 9.98. The maximum Gasteiger partial charge on any atom is 0.324 e. The van der Waals surface area contributed by atoms with E-state index >= 15 is 0 Å². The molecule has 6 nitrogen and oxygen atoms in total. The molecule has 2 heterocycles. The van der Waals surface area contributed by atoms with Gasteiger partial charge in [-0.1, -0.05) is 30.3 Å². The summed E-state index contributed by atoms with van der Waals surface area (Å²) in [6.45, 7) is 0.106. The van der Waals surface area contributed by atoms with E-state index in [9.17, 15) is 13.2 Å². The van der Waals surface area contributed by atoms with Crippen LogP contribution in [0.2, 0.25) is 0 Å². The van der Waals surface area contributed by atoms with Crippen LogP contribution >= 0.6 is 0 Å². The summed E-state index contributed by atoms with van der Waals surface area (Å²) in [5.41, 5.74) is 2.92. The van der Waals surface area contributed by atoms with E-state index in [1.807, 2.05) is 48.2 Å². The molecule has 0 saturated heterocycles. The average molecular weight is 410 g/mol. The van der Waals surface area contributed by atoms with Crippen LogP contribution in [0.25, 0.3) is 16.5 Å². The maximum absolute atomic E-state index is 13.3. The van der Waals surface area contributed by atoms with Gasteiger partial charge in [-0.2, -0.15) is 4.31 Å². The van der Waals surface area contributed by atoms with E-state index in [1.165, 1.54) is 23.5 Å². The number of hydrogen-bond acceptors (Lipinski definition) is 4. The molecule has 0 amide bonds. The van der Waals surface area contributed by atoms with E-state index in [-0.39, 0.29) is 17.9 Å². The van der Waals surface area contributed by atoms with Crippen LogP contribution in [0.1, 0.15) is 12.0 Å². The molecule has 4 rings (SSSR count). The summed E-state index contributed by atoms with van der Waals surface area (Å²) < 4.78 is 34.8. The molecular formula is C22H22N2O4S. The molecule has 1 unspecified atom stereocenters. The first kappa shape index (κ1) is 19.4. The van der Waals surface area contributed by atoms with Crippen molar-refractivity contribution in [3.05, 3.63) is 72.4 Å². The summed E-state index contributed by atoms with van der Waals surface area (Å²) in [4.78, 5) is 12.5. The lowest BCUT2D eigenvalue weighted by Gasteiger charge is -2.33. The van der Waals surface area contributed by atoms with Gasteiger partial charge >= 0.3 is 5.97 Å². The van der Waals surface area contributed by atoms with Crippen LogP contribution < -0.4 is 0 Å². The standard InChI is InChI=1S/C22H22N2O4S/c1-23-13-12-17-14-16(8-10-20(17)23)18-9-11-21(22(25)28-2)24(15-18)29(26,27)19-6-4-3-5-7-19/h3-10,12-14,21H,11,15H2,1-2H3. The number of methoxy groups -OCH3 is 1. The summed E-state index contributed by atoms with van der Waals surface area (Å²) in [5, 5.41) is 1.08. The number of nitrogens with zero attached hydrogens (tertiary/aromatic N) is 2. The first-order valence-electron chi connectivity index (χ1n) is 9.31. The molecule has 0 N–H and O–H groups in total. The number of esters is 1. The van der Waals surface area contributed by atoms with Crippen molar-refractivity contribution in [3.63, 3.8) is 0 Å². The molecule has 1 aliphatic heterocycles. The van der Waals surface area contributed by atoms with Gasteiger partial charge in [-0.3, -0.25) is 4.79 Å². The van der Waals surface area contributed by atoms with Gasteiger partial charge in [-0.25, -0.2) is 8.42 Å². The molecule has 0 fully saturated rings. The smallest absolute Gasteiger partial charge is 0.324 e. The number of carbonyl (C=O) groups excluding carboxylic acids is 1. The number of hydrogen-bond donors (Lipinski definition) is 0. The van der Waals surface area contributed by atoms with Crippen molar-refractivity contribution in [2.24, 2.45) is 7.05 Å². The van der Waals surface area contributed by atoms with E-state index in [1.54, 1.807) is 18.2 Å². The Morgan fingerprint density at radius 2 is 1.86 bits per heavy atom. The summed E-state index contributed by atoms with van der Waals surface area (Å²) in [7, 11) is -0.599. The number of aromatic nitrogens is 1. The third-order valence-electron chi connectivity index (χ3n) is 5.34. The quantitative estimate of drug-likeness (QED) is 0.620. The average Bonchev–Trinajstić information content (AvgIpc) is 3.13. The second kappa shape index (κ2) is 7.50. The van der Waals surface area contributed by atoms with Crippen molar-refractivity contribution < 1.29 is 17.9 Å². The van der Waals surface area contributed by atoms with Gasteiger partial charge in [0.25, 0.3) is 0 Å². The predicted octanol–water partition coefficient (Wildman–Crippen LogP) is 3.20. The number of benzene rings is 2. The molecular weight excluding hydrogens is 388 g/mol. The van der Waals surface area contributed by atoms with E-state index in [2.05, 4.69) is 0 Å². The zero-order valence-electron chi connectivity index (χ0n) is 16.3. The monoisotopic (exact) mass is 410 g/mol. The third kappa shape index (κ3) is 3.47. The van der Waals surface area contributed by atoms with Gasteiger partial charge in [0.05, 0.1) is 12.0 Å². The van der Waals surface area contributed by atoms with E-state index < -0.39 is 22.0 Å². The molecule has 0 spiro atoms. The van der Waals surface area contributed by atoms with Gasteiger partial charge in [0, 0.05) is 30.7 Å². The van der Waals surface area contributed by atoms with Crippen molar-refractivity contribution in [2.75, 3.05) is 13.7 Å². The topological polar surface area (TPSA) is 68.6 Å². The fourth-order valence-corrected chi connectivity index (χ4v) is 5.32. The van der Waals surface area contributed by atoms with E-state index in [0.717, 1.165) is 22.0 Å². The second-order valence-corrected chi connectivity index (χ2v) is 8.96. The molecule has 0 bridgehead atoms. The Morgan fingerprint density at radius 3 is 2.59 bits per heavy atom. The summed E-state index contributed by atoms with van der Waals surface area (Å²) in [5.74, 6) is -0.557. The van der Waals surface area contributed by atoms with Gasteiger partial charge in [-0.15, -0.1) is 0 Å². The van der Waals surface area contributed by atoms with Crippen LogP contribution in [-0.2, 0) is 26.6 Å². The van der Waals surface area contributed by atoms with Crippen LogP contribution in [0.4, 0.5) is 0 Å². The van der Waals surface area contributed by atoms with E-state index in [4.69, 9.17) is 4.74 Å². The van der Waals surface area contributed by atoms with Crippen molar-refractivity contribution >= 4 is 32.5 Å². The van der Waals surface area contributed by atoms with Crippen LogP contribution in [-0.4, -0.2) is 43.0 Å². The zero-order chi connectivity index (χ0) is 20.6. The largest absolute Gasteiger partial charge is 0.468 e. The number of aryl methyl sites for hydroxylation is 1. The molecule has 0 aliphatic carbocycles. The van der Waals surface area contributed by atoms with Crippen molar-refractivity contribution in [3.8, 4) is 0 Å². The number of ether oxygens (including phenoxy) is 1. The van der Waals surface area contributed by atoms with Crippen LogP contribution in [0.15, 0.2) is 71.8 Å². The highest BCUT2D eigenvalue weighted by Gasteiger charge is 2.39. The maximum atomic E-state index is 13.3. The molecule has 3 aromatic rings. The molecule has 29 heavy (non-hydrogen) atoms. The fraction of sp³-hybridized carbons (Fsp3) is 0.227. The first-order chi connectivity index (χ1) is 13.9. The summed E-state index contributed by atoms with van der Waals surface area (Å²) in [6, 6.07) is 15.4. The number of rotatable bonds is 4. The Labute approximate surface area is 170 Å². The molecule has 0 saturated carbocycles. The Balaban J connectivity index is 1.75. The van der Waals surface area contributed by atoms with Crippen LogP contribution in [0.3, 0.4) is 0 Å². The van der Waals surface area contributed by atoms with Crippen molar-refractivity contribution in [1.29, 1.82) is 0 Å². The van der Waals surface area contributed by atoms with E-state index in [0.29, 0.717) is 0 Å². The molecule has 7 heteroatoms. The van der Waals surface area contributed by atoms with Gasteiger partial charge < -0.3 is 9.30 Å². The zero-order valence-corrected chi connectivity index (χ0v) is 17.1. The minimum absolute atomic E-state index is 0.106. The van der Waals surface area contributed by atoms with Gasteiger partial charge in [-0.05, 0) is 47.9 Å². The van der Waals surface area contributed by atoms with Gasteiger partial charge in [0.1, 0.15) is 6.04 Å². The number of sulfonamides is 1. The lowest BCUT2D eigenvalue weighted by molar-refractivity contribution is -0.145. The minimum Gasteiger partial charge on any atom is -0.468 e. The highest BCUT2D eigenvalue weighted by atomic mass is 32.2. The Hall–Kier alpha value is -2.90. The Morgan fingerprint density at radius 1 is 1.10 bits per heavy atom. The molecule has 1 aliphatic rings. The molecule has 150 valence electrons. The SMILES string of the molecule is COC(=O)C1CC=C(c2ccc3c(ccn3C)c2)CN1S(=O)(=O)c1ccccc1. The Kier molecular flexibility index (Phi) is 5.02. The highest BCUT2D eigenvalue weighted by Crippen LogP contribution is 2.31. The highest BCUT2D eigenvalue weighted by molar-refractivity contribution is 7.89. The second-order valence-electron chi connectivity index (χ2n) is 7.07. The van der Waals surface area contributed by atoms with Crippen LogP contribution in [0, 0.1) is 0 Å². The van der Waals surface area contributed by atoms with Crippen LogP contribution in [0.5, 0.6) is 0 Å². The van der Waals surface area contributed by atoms with Crippen molar-refractivity contribution in [2.45, 2.75) is 17.4 Å². The molecule has 0 radical (unpaired) electrons. The predicted molar refractivity (Wildman–Crippen MR) is 112 cm³/mol. The Bertz CT molecular complexity index is 1200. The normalized spacial score (nSPS) is 17.9. The van der Waals surface area contributed by atoms with Gasteiger partial charge in [0.2, 0.25) is 10.0 Å². The molecule has 1 atom stereocenters. The third-order valence-corrected chi connectivity index (χ3v) is 7.21. The minimum atomic E-state index is -3.86. The molecule has 1 aromatic heterocycles. The summed E-state index contributed by atoms with van der Waals surface area (Å²) in [6.07, 6.45) is 4.19. The fourth-order valence-electron chi connectivity index (χ4n) is 3.73. The number of carbonyl (C=O) groups is 1. The summed E-state index contributed by atoms with van der Waals surface area (Å²) >= 11 is 0.